The zero-order chi connectivity index (χ0) is 9.42. The minimum Gasteiger partial charge on any atom is -0.493 e. The predicted octanol–water partition coefficient (Wildman–Crippen LogP) is 2.89. The summed E-state index contributed by atoms with van der Waals surface area (Å²) in [5.74, 6) is 0.954. The van der Waals surface area contributed by atoms with E-state index in [4.69, 9.17) is 9.15 Å². The van der Waals surface area contributed by atoms with Gasteiger partial charge >= 0.3 is 0 Å². The van der Waals surface area contributed by atoms with Gasteiger partial charge in [-0.25, -0.2) is 4.39 Å². The van der Waals surface area contributed by atoms with Crippen LogP contribution in [0, 0.1) is 12.7 Å². The van der Waals surface area contributed by atoms with E-state index in [1.54, 1.807) is 19.1 Å². The number of halogens is 1. The maximum atomic E-state index is 13.2. The van der Waals surface area contributed by atoms with Gasteiger partial charge in [-0.2, -0.15) is 0 Å². The molecule has 0 saturated heterocycles. The number of methoxy groups -OCH3 is 1. The van der Waals surface area contributed by atoms with Crippen molar-refractivity contribution < 1.29 is 13.5 Å². The topological polar surface area (TPSA) is 22.4 Å². The van der Waals surface area contributed by atoms with Crippen LogP contribution in [0.4, 0.5) is 4.39 Å². The molecule has 2 aromatic rings. The monoisotopic (exact) mass is 180 g/mol. The SMILES string of the molecule is COc1ccc(F)c2cc(C)oc12. The Hall–Kier alpha value is -1.51. The molecule has 0 radical (unpaired) electrons. The first-order valence-corrected chi connectivity index (χ1v) is 3.95. The van der Waals surface area contributed by atoms with Crippen LogP contribution < -0.4 is 4.74 Å². The molecule has 0 saturated carbocycles. The average Bonchev–Trinajstić information content (AvgIpc) is 2.48. The fourth-order valence-electron chi connectivity index (χ4n) is 1.35. The van der Waals surface area contributed by atoms with Gasteiger partial charge in [-0.1, -0.05) is 0 Å². The summed E-state index contributed by atoms with van der Waals surface area (Å²) in [4.78, 5) is 0. The lowest BCUT2D eigenvalue weighted by Gasteiger charge is -1.99. The summed E-state index contributed by atoms with van der Waals surface area (Å²) in [5, 5.41) is 0.469. The van der Waals surface area contributed by atoms with Crippen LogP contribution in [0.2, 0.25) is 0 Å². The van der Waals surface area contributed by atoms with Gasteiger partial charge < -0.3 is 9.15 Å². The third-order valence-electron chi connectivity index (χ3n) is 1.94. The summed E-state index contributed by atoms with van der Waals surface area (Å²) in [5.41, 5.74) is 0.472. The molecule has 13 heavy (non-hydrogen) atoms. The summed E-state index contributed by atoms with van der Waals surface area (Å²) in [7, 11) is 1.53. The molecule has 68 valence electrons. The van der Waals surface area contributed by atoms with Crippen molar-refractivity contribution in [2.45, 2.75) is 6.92 Å². The highest BCUT2D eigenvalue weighted by molar-refractivity contribution is 5.84. The molecule has 0 aliphatic rings. The van der Waals surface area contributed by atoms with Crippen molar-refractivity contribution in [3.8, 4) is 5.75 Å². The number of aryl methyl sites for hydroxylation is 1. The van der Waals surface area contributed by atoms with Gasteiger partial charge in [0.05, 0.1) is 12.5 Å². The van der Waals surface area contributed by atoms with Crippen LogP contribution in [0.15, 0.2) is 22.6 Å². The summed E-state index contributed by atoms with van der Waals surface area (Å²) in [6, 6.07) is 4.59. The van der Waals surface area contributed by atoms with E-state index < -0.39 is 0 Å². The number of furan rings is 1. The minimum absolute atomic E-state index is 0.285. The van der Waals surface area contributed by atoms with Crippen LogP contribution in [0.3, 0.4) is 0 Å². The Labute approximate surface area is 74.9 Å². The third-order valence-corrected chi connectivity index (χ3v) is 1.94. The van der Waals surface area contributed by atoms with Crippen molar-refractivity contribution in [3.63, 3.8) is 0 Å². The van der Waals surface area contributed by atoms with Crippen LogP contribution in [0.25, 0.3) is 11.0 Å². The maximum Gasteiger partial charge on any atom is 0.179 e. The molecule has 2 nitrogen and oxygen atoms in total. The average molecular weight is 180 g/mol. The lowest BCUT2D eigenvalue weighted by molar-refractivity contribution is 0.408. The van der Waals surface area contributed by atoms with E-state index in [0.29, 0.717) is 22.5 Å². The predicted molar refractivity (Wildman–Crippen MR) is 47.5 cm³/mol. The van der Waals surface area contributed by atoms with Crippen molar-refractivity contribution in [2.24, 2.45) is 0 Å². The van der Waals surface area contributed by atoms with Gasteiger partial charge in [-0.15, -0.1) is 0 Å². The van der Waals surface area contributed by atoms with Gasteiger partial charge in [-0.05, 0) is 25.1 Å². The Morgan fingerprint density at radius 3 is 2.85 bits per heavy atom. The zero-order valence-corrected chi connectivity index (χ0v) is 7.43. The van der Waals surface area contributed by atoms with Crippen LogP contribution in [-0.2, 0) is 0 Å². The fourth-order valence-corrected chi connectivity index (χ4v) is 1.35. The molecule has 1 aromatic heterocycles. The van der Waals surface area contributed by atoms with E-state index in [-0.39, 0.29) is 5.82 Å². The van der Waals surface area contributed by atoms with Crippen molar-refractivity contribution in [2.75, 3.05) is 7.11 Å². The molecule has 0 amide bonds. The number of ether oxygens (including phenoxy) is 1. The van der Waals surface area contributed by atoms with Gasteiger partial charge in [0.2, 0.25) is 0 Å². The fraction of sp³-hybridized carbons (Fsp3) is 0.200. The second-order valence-corrected chi connectivity index (χ2v) is 2.85. The molecule has 0 atom stereocenters. The van der Waals surface area contributed by atoms with Crippen LogP contribution in [0.5, 0.6) is 5.75 Å². The maximum absolute atomic E-state index is 13.2. The number of fused-ring (bicyclic) bond motifs is 1. The zero-order valence-electron chi connectivity index (χ0n) is 7.43. The van der Waals surface area contributed by atoms with Crippen molar-refractivity contribution in [3.05, 3.63) is 29.8 Å². The molecule has 0 N–H and O–H groups in total. The largest absolute Gasteiger partial charge is 0.493 e. The molecule has 0 bridgehead atoms. The van der Waals surface area contributed by atoms with Crippen LogP contribution >= 0.6 is 0 Å². The molecule has 1 heterocycles. The molecular weight excluding hydrogens is 171 g/mol. The van der Waals surface area contributed by atoms with Crippen LogP contribution in [0.1, 0.15) is 5.76 Å². The molecule has 3 heteroatoms. The second kappa shape index (κ2) is 2.76. The Morgan fingerprint density at radius 2 is 2.15 bits per heavy atom. The number of hydrogen-bond acceptors (Lipinski definition) is 2. The highest BCUT2D eigenvalue weighted by Gasteiger charge is 2.10. The summed E-state index contributed by atoms with van der Waals surface area (Å²) in [6.45, 7) is 1.78. The van der Waals surface area contributed by atoms with Gasteiger partial charge in [-0.3, -0.25) is 0 Å². The van der Waals surface area contributed by atoms with Crippen molar-refractivity contribution in [1.29, 1.82) is 0 Å². The molecular formula is C10H9FO2. The third kappa shape index (κ3) is 1.16. The highest BCUT2D eigenvalue weighted by Crippen LogP contribution is 2.30. The van der Waals surface area contributed by atoms with Gasteiger partial charge in [0, 0.05) is 0 Å². The van der Waals surface area contributed by atoms with E-state index in [2.05, 4.69) is 0 Å². The molecule has 1 aromatic carbocycles. The van der Waals surface area contributed by atoms with Crippen molar-refractivity contribution >= 4 is 11.0 Å². The Morgan fingerprint density at radius 1 is 1.38 bits per heavy atom. The Kier molecular flexibility index (Phi) is 1.72. The first kappa shape index (κ1) is 8.10. The normalized spacial score (nSPS) is 10.7. The van der Waals surface area contributed by atoms with Gasteiger partial charge in [0.25, 0.3) is 0 Å². The Balaban J connectivity index is 2.83. The lowest BCUT2D eigenvalue weighted by Crippen LogP contribution is -1.84. The molecule has 0 unspecified atom stereocenters. The summed E-state index contributed by atoms with van der Waals surface area (Å²) in [6.07, 6.45) is 0. The van der Waals surface area contributed by atoms with E-state index in [9.17, 15) is 4.39 Å². The first-order chi connectivity index (χ1) is 6.22. The van der Waals surface area contributed by atoms with E-state index in [1.807, 2.05) is 0 Å². The molecule has 0 fully saturated rings. The van der Waals surface area contributed by atoms with E-state index in [1.165, 1.54) is 13.2 Å². The van der Waals surface area contributed by atoms with Gasteiger partial charge in [0.15, 0.2) is 11.3 Å². The van der Waals surface area contributed by atoms with E-state index >= 15 is 0 Å². The minimum atomic E-state index is -0.285. The molecule has 0 aliphatic carbocycles. The number of hydrogen-bond donors (Lipinski definition) is 0. The molecule has 0 aliphatic heterocycles. The lowest BCUT2D eigenvalue weighted by atomic mass is 10.2. The Bertz CT molecular complexity index is 445. The highest BCUT2D eigenvalue weighted by atomic mass is 19.1. The van der Waals surface area contributed by atoms with E-state index in [0.717, 1.165) is 0 Å². The number of benzene rings is 1. The summed E-state index contributed by atoms with van der Waals surface area (Å²) >= 11 is 0. The quantitative estimate of drug-likeness (QED) is 0.673. The van der Waals surface area contributed by atoms with Crippen molar-refractivity contribution in [1.82, 2.24) is 0 Å². The molecule has 2 rings (SSSR count). The summed E-state index contributed by atoms with van der Waals surface area (Å²) < 4.78 is 23.5. The molecule has 0 spiro atoms. The second-order valence-electron chi connectivity index (χ2n) is 2.85. The smallest absolute Gasteiger partial charge is 0.179 e. The van der Waals surface area contributed by atoms with Crippen LogP contribution in [-0.4, -0.2) is 7.11 Å². The number of rotatable bonds is 1. The first-order valence-electron chi connectivity index (χ1n) is 3.95. The van der Waals surface area contributed by atoms with Gasteiger partial charge in [0.1, 0.15) is 11.6 Å². The standard InChI is InChI=1S/C10H9FO2/c1-6-5-7-8(11)3-4-9(12-2)10(7)13-6/h3-5H,1-2H3.